The van der Waals surface area contributed by atoms with Crippen LogP contribution in [0.3, 0.4) is 0 Å². The molecule has 0 aliphatic carbocycles. The summed E-state index contributed by atoms with van der Waals surface area (Å²) in [6.07, 6.45) is 6.44. The first kappa shape index (κ1) is 13.1. The number of rotatable bonds is 2. The van der Waals surface area contributed by atoms with Gasteiger partial charge in [-0.15, -0.1) is 0 Å². The standard InChI is InChI=1S/C16H17N5O/c22-16(12-4-5-13-11(9-12)6-7-17-13)21-8-2-1-3-14(21)15-18-10-19-20-15/h4-7,9-10,14,17H,1-3,8H2,(H,18,19,20)/t14-/m1/s1. The Kier molecular flexibility index (Phi) is 3.14. The van der Waals surface area contributed by atoms with Gasteiger partial charge in [0.2, 0.25) is 0 Å². The number of carbonyl (C=O) groups excluding carboxylic acids is 1. The van der Waals surface area contributed by atoms with Crippen LogP contribution in [0.2, 0.25) is 0 Å². The molecule has 1 aliphatic rings. The molecule has 3 aromatic rings. The summed E-state index contributed by atoms with van der Waals surface area (Å²) in [4.78, 5) is 22.2. The number of H-pyrrole nitrogens is 2. The molecule has 1 fully saturated rings. The Hall–Kier alpha value is -2.63. The van der Waals surface area contributed by atoms with Crippen LogP contribution < -0.4 is 0 Å². The van der Waals surface area contributed by atoms with Gasteiger partial charge in [0.15, 0.2) is 0 Å². The van der Waals surface area contributed by atoms with E-state index in [9.17, 15) is 4.79 Å². The highest BCUT2D eigenvalue weighted by Gasteiger charge is 2.30. The summed E-state index contributed by atoms with van der Waals surface area (Å²) in [7, 11) is 0. The van der Waals surface area contributed by atoms with E-state index in [2.05, 4.69) is 20.2 Å². The minimum Gasteiger partial charge on any atom is -0.361 e. The fourth-order valence-electron chi connectivity index (χ4n) is 3.19. The summed E-state index contributed by atoms with van der Waals surface area (Å²) in [6.45, 7) is 0.759. The molecule has 2 N–H and O–H groups in total. The number of nitrogens with one attached hydrogen (secondary N) is 2. The van der Waals surface area contributed by atoms with E-state index in [0.717, 1.165) is 48.1 Å². The Morgan fingerprint density at radius 1 is 1.27 bits per heavy atom. The van der Waals surface area contributed by atoms with Gasteiger partial charge >= 0.3 is 0 Å². The first-order chi connectivity index (χ1) is 10.8. The van der Waals surface area contributed by atoms with Gasteiger partial charge < -0.3 is 9.88 Å². The molecule has 0 spiro atoms. The Balaban J connectivity index is 1.67. The van der Waals surface area contributed by atoms with Crippen LogP contribution in [0.5, 0.6) is 0 Å². The molecular weight excluding hydrogens is 278 g/mol. The SMILES string of the molecule is O=C(c1ccc2[nH]ccc2c1)N1CCCC[C@@H]1c1ncn[nH]1. The van der Waals surface area contributed by atoms with Crippen molar-refractivity contribution in [2.75, 3.05) is 6.54 Å². The molecule has 6 heteroatoms. The van der Waals surface area contributed by atoms with E-state index in [1.165, 1.54) is 6.33 Å². The lowest BCUT2D eigenvalue weighted by Gasteiger charge is -2.34. The Bertz CT molecular complexity index is 792. The maximum absolute atomic E-state index is 12.9. The Morgan fingerprint density at radius 2 is 2.23 bits per heavy atom. The third kappa shape index (κ3) is 2.16. The molecule has 22 heavy (non-hydrogen) atoms. The minimum absolute atomic E-state index is 0.00864. The van der Waals surface area contributed by atoms with E-state index >= 15 is 0 Å². The molecule has 0 bridgehead atoms. The van der Waals surface area contributed by atoms with Crippen molar-refractivity contribution in [1.29, 1.82) is 0 Å². The zero-order chi connectivity index (χ0) is 14.9. The first-order valence-electron chi connectivity index (χ1n) is 7.56. The number of hydrogen-bond acceptors (Lipinski definition) is 3. The maximum Gasteiger partial charge on any atom is 0.254 e. The topological polar surface area (TPSA) is 77.7 Å². The number of nitrogens with zero attached hydrogens (tertiary/aromatic N) is 3. The van der Waals surface area contributed by atoms with E-state index in [4.69, 9.17) is 0 Å². The Labute approximate surface area is 127 Å². The highest BCUT2D eigenvalue weighted by Crippen LogP contribution is 2.30. The van der Waals surface area contributed by atoms with Crippen molar-refractivity contribution in [1.82, 2.24) is 25.1 Å². The lowest BCUT2D eigenvalue weighted by atomic mass is 10.00. The van der Waals surface area contributed by atoms with Gasteiger partial charge in [-0.25, -0.2) is 4.98 Å². The molecule has 112 valence electrons. The summed E-state index contributed by atoms with van der Waals surface area (Å²) in [5.41, 5.74) is 1.76. The molecular formula is C16H17N5O. The van der Waals surface area contributed by atoms with E-state index in [0.29, 0.717) is 0 Å². The monoisotopic (exact) mass is 295 g/mol. The van der Waals surface area contributed by atoms with Gasteiger partial charge in [-0.05, 0) is 43.5 Å². The highest BCUT2D eigenvalue weighted by molar-refractivity contribution is 5.98. The van der Waals surface area contributed by atoms with E-state index in [1.54, 1.807) is 0 Å². The summed E-state index contributed by atoms with van der Waals surface area (Å²) in [5.74, 6) is 0.833. The number of aromatic amines is 2. The third-order valence-corrected chi connectivity index (χ3v) is 4.31. The average molecular weight is 295 g/mol. The van der Waals surface area contributed by atoms with Crippen molar-refractivity contribution in [2.45, 2.75) is 25.3 Å². The largest absolute Gasteiger partial charge is 0.361 e. The molecule has 0 saturated carbocycles. The second kappa shape index (κ2) is 5.29. The van der Waals surface area contributed by atoms with Crippen LogP contribution in [0.1, 0.15) is 41.5 Å². The van der Waals surface area contributed by atoms with Crippen LogP contribution in [0.15, 0.2) is 36.8 Å². The van der Waals surface area contributed by atoms with Gasteiger partial charge in [0, 0.05) is 29.2 Å². The van der Waals surface area contributed by atoms with Gasteiger partial charge in [0.05, 0.1) is 6.04 Å². The molecule has 2 aromatic heterocycles. The molecule has 1 atom stereocenters. The number of carbonyl (C=O) groups is 1. The molecule has 6 nitrogen and oxygen atoms in total. The number of piperidine rings is 1. The lowest BCUT2D eigenvalue weighted by molar-refractivity contribution is 0.0600. The molecule has 1 amide bonds. The molecule has 0 radical (unpaired) electrons. The average Bonchev–Trinajstić information content (AvgIpc) is 3.24. The van der Waals surface area contributed by atoms with Crippen LogP contribution >= 0.6 is 0 Å². The number of fused-ring (bicyclic) bond motifs is 1. The van der Waals surface area contributed by atoms with Crippen molar-refractivity contribution >= 4 is 16.8 Å². The van der Waals surface area contributed by atoms with E-state index in [-0.39, 0.29) is 11.9 Å². The second-order valence-corrected chi connectivity index (χ2v) is 5.66. The van der Waals surface area contributed by atoms with Gasteiger partial charge in [0.25, 0.3) is 5.91 Å². The molecule has 1 aliphatic heterocycles. The summed E-state index contributed by atoms with van der Waals surface area (Å²) in [5, 5.41) is 7.88. The quantitative estimate of drug-likeness (QED) is 0.763. The number of aromatic nitrogens is 4. The minimum atomic E-state index is -0.00864. The zero-order valence-electron chi connectivity index (χ0n) is 12.1. The molecule has 4 rings (SSSR count). The number of benzene rings is 1. The maximum atomic E-state index is 12.9. The van der Waals surface area contributed by atoms with E-state index < -0.39 is 0 Å². The Morgan fingerprint density at radius 3 is 3.09 bits per heavy atom. The molecule has 1 aromatic carbocycles. The van der Waals surface area contributed by atoms with Crippen LogP contribution in [0.25, 0.3) is 10.9 Å². The van der Waals surface area contributed by atoms with Gasteiger partial charge in [0.1, 0.15) is 12.2 Å². The second-order valence-electron chi connectivity index (χ2n) is 5.66. The first-order valence-corrected chi connectivity index (χ1v) is 7.56. The van der Waals surface area contributed by atoms with Gasteiger partial charge in [-0.3, -0.25) is 9.89 Å². The number of amides is 1. The van der Waals surface area contributed by atoms with Crippen LogP contribution in [0, 0.1) is 0 Å². The van der Waals surface area contributed by atoms with Gasteiger partial charge in [-0.2, -0.15) is 5.10 Å². The van der Waals surface area contributed by atoms with Crippen LogP contribution in [-0.2, 0) is 0 Å². The van der Waals surface area contributed by atoms with Crippen LogP contribution in [0.4, 0.5) is 0 Å². The zero-order valence-corrected chi connectivity index (χ0v) is 12.1. The van der Waals surface area contributed by atoms with Crippen molar-refractivity contribution in [2.24, 2.45) is 0 Å². The predicted molar refractivity (Wildman–Crippen MR) is 82.3 cm³/mol. The molecule has 0 unspecified atom stereocenters. The third-order valence-electron chi connectivity index (χ3n) is 4.31. The van der Waals surface area contributed by atoms with Crippen molar-refractivity contribution in [3.05, 3.63) is 48.2 Å². The fourth-order valence-corrected chi connectivity index (χ4v) is 3.19. The summed E-state index contributed by atoms with van der Waals surface area (Å²) < 4.78 is 0. The normalized spacial score (nSPS) is 18.7. The number of likely N-dealkylation sites (tertiary alicyclic amines) is 1. The van der Waals surface area contributed by atoms with Crippen molar-refractivity contribution < 1.29 is 4.79 Å². The predicted octanol–water partition coefficient (Wildman–Crippen LogP) is 2.65. The summed E-state index contributed by atoms with van der Waals surface area (Å²) >= 11 is 0. The lowest BCUT2D eigenvalue weighted by Crippen LogP contribution is -2.39. The van der Waals surface area contributed by atoms with Crippen molar-refractivity contribution in [3.8, 4) is 0 Å². The smallest absolute Gasteiger partial charge is 0.254 e. The van der Waals surface area contributed by atoms with Gasteiger partial charge in [-0.1, -0.05) is 0 Å². The molecule has 3 heterocycles. The summed E-state index contributed by atoms with van der Waals surface area (Å²) in [6, 6.07) is 7.75. The fraction of sp³-hybridized carbons (Fsp3) is 0.312. The highest BCUT2D eigenvalue weighted by atomic mass is 16.2. The van der Waals surface area contributed by atoms with E-state index in [1.807, 2.05) is 35.4 Å². The van der Waals surface area contributed by atoms with Crippen LogP contribution in [-0.4, -0.2) is 37.5 Å². The number of hydrogen-bond donors (Lipinski definition) is 2. The molecule has 1 saturated heterocycles. The van der Waals surface area contributed by atoms with Crippen molar-refractivity contribution in [3.63, 3.8) is 0 Å².